The lowest BCUT2D eigenvalue weighted by Crippen LogP contribution is -2.34. The van der Waals surface area contributed by atoms with Crippen molar-refractivity contribution in [3.63, 3.8) is 0 Å². The topological polar surface area (TPSA) is 226 Å². The van der Waals surface area contributed by atoms with Gasteiger partial charge in [0.2, 0.25) is 53.2 Å². The zero-order chi connectivity index (χ0) is 49.6. The number of nitrogens with zero attached hydrogens (tertiary/aromatic N) is 3. The molecule has 3 heterocycles. The summed E-state index contributed by atoms with van der Waals surface area (Å²) in [6.07, 6.45) is 5.03. The highest BCUT2D eigenvalue weighted by molar-refractivity contribution is 6.05. The van der Waals surface area contributed by atoms with E-state index in [9.17, 15) is 47.9 Å². The van der Waals surface area contributed by atoms with E-state index in [1.165, 1.54) is 14.7 Å². The number of carbonyl (C=O) groups excluding carboxylic acids is 10. The maximum Gasteiger partial charge on any atom is 0.233 e. The summed E-state index contributed by atoms with van der Waals surface area (Å²) in [6, 6.07) is 0.384. The molecular weight excluding hydrogens is 837 g/mol. The molecule has 0 aliphatic carbocycles. The van der Waals surface area contributed by atoms with Crippen LogP contribution in [-0.2, 0) is 52.7 Å². The van der Waals surface area contributed by atoms with Crippen molar-refractivity contribution in [3.8, 4) is 0 Å². The van der Waals surface area contributed by atoms with Crippen LogP contribution in [0, 0.1) is 35.5 Å². The quantitative estimate of drug-likeness (QED) is 0.0839. The molecule has 3 atom stereocenters. The van der Waals surface area contributed by atoms with Crippen molar-refractivity contribution in [2.75, 3.05) is 32.8 Å². The minimum atomic E-state index is -0.251. The Kier molecular flexibility index (Phi) is 26.9. The van der Waals surface area contributed by atoms with Crippen LogP contribution >= 0.6 is 0 Å². The highest BCUT2D eigenvalue weighted by atomic mass is 16.5. The number of Topliss-reactive ketones (excluding diaryl/α,β-unsaturated/α-hetero) is 1. The molecule has 0 saturated carbocycles. The van der Waals surface area contributed by atoms with Crippen LogP contribution in [0.25, 0.3) is 0 Å². The fraction of sp³-hybridized carbons (Fsp3) is 0.792. The van der Waals surface area contributed by atoms with Crippen LogP contribution in [0.3, 0.4) is 0 Å². The van der Waals surface area contributed by atoms with Gasteiger partial charge in [0.1, 0.15) is 5.78 Å². The van der Waals surface area contributed by atoms with Crippen LogP contribution in [-0.4, -0.2) is 125 Å². The Morgan fingerprint density at radius 1 is 0.446 bits per heavy atom. The summed E-state index contributed by atoms with van der Waals surface area (Å²) in [5.41, 5.74) is 0. The van der Waals surface area contributed by atoms with Gasteiger partial charge >= 0.3 is 0 Å². The van der Waals surface area contributed by atoms with E-state index in [2.05, 4.69) is 16.0 Å². The van der Waals surface area contributed by atoms with Crippen LogP contribution in [0.2, 0.25) is 0 Å². The molecule has 0 bridgehead atoms. The van der Waals surface area contributed by atoms with Crippen LogP contribution in [0.1, 0.15) is 160 Å². The van der Waals surface area contributed by atoms with E-state index in [1.807, 2.05) is 83.1 Å². The Labute approximate surface area is 388 Å². The highest BCUT2D eigenvalue weighted by Crippen LogP contribution is 2.28. The van der Waals surface area contributed by atoms with Crippen LogP contribution < -0.4 is 16.0 Å². The van der Waals surface area contributed by atoms with E-state index in [-0.39, 0.29) is 132 Å². The van der Waals surface area contributed by atoms with Gasteiger partial charge in [0.05, 0.1) is 6.61 Å². The zero-order valence-electron chi connectivity index (χ0n) is 41.5. The van der Waals surface area contributed by atoms with Crippen molar-refractivity contribution in [1.82, 2.24) is 30.7 Å². The van der Waals surface area contributed by atoms with Gasteiger partial charge in [-0.15, -0.1) is 0 Å². The number of nitrogens with one attached hydrogen (secondary N) is 3. The van der Waals surface area contributed by atoms with Gasteiger partial charge in [-0.25, -0.2) is 0 Å². The van der Waals surface area contributed by atoms with Crippen molar-refractivity contribution in [2.24, 2.45) is 35.5 Å². The molecule has 65 heavy (non-hydrogen) atoms. The number of likely N-dealkylation sites (tertiary alicyclic amines) is 3. The van der Waals surface area contributed by atoms with Gasteiger partial charge in [-0.2, -0.15) is 0 Å². The molecule has 3 saturated heterocycles. The molecule has 17 heteroatoms. The van der Waals surface area contributed by atoms with E-state index in [0.717, 1.165) is 0 Å². The van der Waals surface area contributed by atoms with Gasteiger partial charge in [0, 0.05) is 113 Å². The summed E-state index contributed by atoms with van der Waals surface area (Å²) in [6.45, 7) is 24.9. The highest BCUT2D eigenvalue weighted by Gasteiger charge is 2.41. The number of hydrogen-bond acceptors (Lipinski definition) is 11. The number of amides is 9. The summed E-state index contributed by atoms with van der Waals surface area (Å²) in [5, 5.41) is 8.39. The molecule has 3 fully saturated rings. The number of imide groups is 3. The third kappa shape index (κ3) is 22.0. The van der Waals surface area contributed by atoms with E-state index in [1.54, 1.807) is 0 Å². The second-order valence-electron chi connectivity index (χ2n) is 19.3. The van der Waals surface area contributed by atoms with Gasteiger partial charge in [0.15, 0.2) is 0 Å². The van der Waals surface area contributed by atoms with Gasteiger partial charge in [-0.3, -0.25) is 62.6 Å². The van der Waals surface area contributed by atoms with Gasteiger partial charge in [-0.05, 0) is 85.0 Å². The Morgan fingerprint density at radius 3 is 1.17 bits per heavy atom. The smallest absolute Gasteiger partial charge is 0.233 e. The van der Waals surface area contributed by atoms with Crippen molar-refractivity contribution in [1.29, 1.82) is 0 Å². The summed E-state index contributed by atoms with van der Waals surface area (Å²) in [5.74, 6) is -0.739. The monoisotopic (exact) mass is 919 g/mol. The summed E-state index contributed by atoms with van der Waals surface area (Å²) < 4.78 is 5.36. The average Bonchev–Trinajstić information content (AvgIpc) is 3.77. The molecule has 0 aromatic heterocycles. The van der Waals surface area contributed by atoms with Gasteiger partial charge in [0.25, 0.3) is 0 Å². The van der Waals surface area contributed by atoms with Crippen LogP contribution in [0.4, 0.5) is 0 Å². The average molecular weight is 919 g/mol. The van der Waals surface area contributed by atoms with E-state index in [0.29, 0.717) is 90.5 Å². The first-order chi connectivity index (χ1) is 30.4. The predicted molar refractivity (Wildman–Crippen MR) is 246 cm³/mol. The molecule has 0 radical (unpaired) electrons. The predicted octanol–water partition coefficient (Wildman–Crippen LogP) is 4.72. The maximum atomic E-state index is 12.2. The zero-order valence-corrected chi connectivity index (χ0v) is 41.5. The molecule has 3 aliphatic heterocycles. The molecule has 370 valence electrons. The Morgan fingerprint density at radius 2 is 0.800 bits per heavy atom. The number of ether oxygens (including phenoxy) is 1. The lowest BCUT2D eigenvalue weighted by Gasteiger charge is -2.16. The Hall–Kier alpha value is -4.54. The summed E-state index contributed by atoms with van der Waals surface area (Å²) in [7, 11) is 0. The van der Waals surface area contributed by atoms with Crippen LogP contribution in [0.15, 0.2) is 0 Å². The van der Waals surface area contributed by atoms with Crippen LogP contribution in [0.5, 0.6) is 0 Å². The van der Waals surface area contributed by atoms with Crippen molar-refractivity contribution in [2.45, 2.75) is 178 Å². The fourth-order valence-corrected chi connectivity index (χ4v) is 7.53. The Balaban J connectivity index is 0.000000495. The van der Waals surface area contributed by atoms with E-state index < -0.39 is 0 Å². The molecule has 3 rings (SSSR count). The van der Waals surface area contributed by atoms with E-state index in [4.69, 9.17) is 4.74 Å². The third-order valence-electron chi connectivity index (χ3n) is 11.3. The fourth-order valence-electron chi connectivity index (χ4n) is 7.53. The number of carbonyl (C=O) groups is 10. The minimum absolute atomic E-state index is 0.0137. The first kappa shape index (κ1) is 58.5. The molecule has 3 unspecified atom stereocenters. The number of hydrogen-bond donors (Lipinski definition) is 3. The lowest BCUT2D eigenvalue weighted by atomic mass is 9.94. The molecule has 17 nitrogen and oxygen atoms in total. The maximum absolute atomic E-state index is 12.2. The lowest BCUT2D eigenvalue weighted by molar-refractivity contribution is -0.141. The molecule has 0 aromatic carbocycles. The first-order valence-corrected chi connectivity index (χ1v) is 23.9. The second kappa shape index (κ2) is 29.9. The SMILES string of the molecule is CC(C)NC(=O)CCCCN1C(=O)CC(C(C)C)C1=O.CC(C)NC(=O)CCCN1C(=O)CC(C(C)C)C1=O.CC(C)NC(=O)CCOCCCC(=O)CCN1C(=O)CC(C(C)C)C1=O. The number of unbranched alkanes of at least 4 members (excludes halogenated alkanes) is 1. The molecule has 0 aromatic rings. The number of rotatable bonds is 25. The van der Waals surface area contributed by atoms with Gasteiger partial charge in [-0.1, -0.05) is 41.5 Å². The molecule has 3 N–H and O–H groups in total. The van der Waals surface area contributed by atoms with Crippen molar-refractivity contribution in [3.05, 3.63) is 0 Å². The normalized spacial score (nSPS) is 18.7. The number of ketones is 1. The summed E-state index contributed by atoms with van der Waals surface area (Å²) >= 11 is 0. The van der Waals surface area contributed by atoms with Gasteiger partial charge < -0.3 is 20.7 Å². The first-order valence-electron chi connectivity index (χ1n) is 23.9. The molecule has 0 spiro atoms. The Bertz CT molecular complexity index is 1630. The standard InChI is InChI=1S/C19H32N2O5.C15H26N2O3.C14H24N2O3/c1-13(2)16-12-18(24)21(19(16)25)9-7-15(22)6-5-10-26-11-8-17(23)20-14(3)4;1-10(2)12-9-14(19)17(15(12)20)8-6-5-7-13(18)16-11(3)4;1-9(2)11-8-13(18)16(14(11)19)7-5-6-12(17)15-10(3)4/h13-14,16H,5-12H2,1-4H3,(H,20,23);10-12H,5-9H2,1-4H3,(H,16,18);9-11H,5-8H2,1-4H3,(H,15,17). The second-order valence-corrected chi connectivity index (χ2v) is 19.3. The minimum Gasteiger partial charge on any atom is -0.381 e. The third-order valence-corrected chi connectivity index (χ3v) is 11.3. The van der Waals surface area contributed by atoms with Crippen molar-refractivity contribution < 1.29 is 52.7 Å². The molecular formula is C48H82N6O11. The van der Waals surface area contributed by atoms with E-state index >= 15 is 0 Å². The molecule has 9 amide bonds. The largest absolute Gasteiger partial charge is 0.381 e. The summed E-state index contributed by atoms with van der Waals surface area (Å²) in [4.78, 5) is 122. The molecule has 3 aliphatic rings. The van der Waals surface area contributed by atoms with Crippen molar-refractivity contribution >= 4 is 58.9 Å².